The van der Waals surface area contributed by atoms with Crippen molar-refractivity contribution in [3.63, 3.8) is 0 Å². The lowest BCUT2D eigenvalue weighted by Gasteiger charge is -2.15. The Kier molecular flexibility index (Phi) is 8.19. The average molecular weight is 448 g/mol. The molecule has 1 atom stereocenters. The summed E-state index contributed by atoms with van der Waals surface area (Å²) in [6, 6.07) is 17.1. The van der Waals surface area contributed by atoms with Crippen LogP contribution < -0.4 is 9.47 Å². The first-order valence-corrected chi connectivity index (χ1v) is 10.9. The van der Waals surface area contributed by atoms with Gasteiger partial charge in [0.25, 0.3) is 0 Å². The lowest BCUT2D eigenvalue weighted by molar-refractivity contribution is -0.145. The van der Waals surface area contributed by atoms with E-state index in [2.05, 4.69) is 18.0 Å². The highest BCUT2D eigenvalue weighted by molar-refractivity contribution is 5.74. The molecule has 1 heterocycles. The molecule has 33 heavy (non-hydrogen) atoms. The molecular weight excluding hydrogens is 418 g/mol. The summed E-state index contributed by atoms with van der Waals surface area (Å²) < 4.78 is 16.8. The van der Waals surface area contributed by atoms with Crippen LogP contribution in [0.3, 0.4) is 0 Å². The van der Waals surface area contributed by atoms with E-state index in [4.69, 9.17) is 14.2 Å². The van der Waals surface area contributed by atoms with Crippen molar-refractivity contribution in [2.45, 2.75) is 46.8 Å². The highest BCUT2D eigenvalue weighted by Crippen LogP contribution is 2.30. The Morgan fingerprint density at radius 1 is 1.00 bits per heavy atom. The van der Waals surface area contributed by atoms with Crippen LogP contribution in [0, 0.1) is 13.8 Å². The van der Waals surface area contributed by atoms with Crippen molar-refractivity contribution in [2.24, 2.45) is 0 Å². The summed E-state index contributed by atoms with van der Waals surface area (Å²) in [7, 11) is 0. The van der Waals surface area contributed by atoms with Gasteiger partial charge in [0.1, 0.15) is 24.7 Å². The topological polar surface area (TPSA) is 74.7 Å². The van der Waals surface area contributed by atoms with Crippen molar-refractivity contribution in [3.05, 3.63) is 77.0 Å². The molecule has 0 aliphatic carbocycles. The van der Waals surface area contributed by atoms with Gasteiger partial charge in [-0.3, -0.25) is 9.59 Å². The highest BCUT2D eigenvalue weighted by Gasteiger charge is 2.12. The van der Waals surface area contributed by atoms with E-state index in [1.54, 1.807) is 24.3 Å². The first kappa shape index (κ1) is 24.0. The van der Waals surface area contributed by atoms with Crippen LogP contribution in [-0.2, 0) is 16.1 Å². The molecule has 0 radical (unpaired) electrons. The van der Waals surface area contributed by atoms with Gasteiger partial charge in [0.15, 0.2) is 0 Å². The van der Waals surface area contributed by atoms with E-state index in [9.17, 15) is 9.59 Å². The van der Waals surface area contributed by atoms with Gasteiger partial charge in [0.05, 0.1) is 6.61 Å². The van der Waals surface area contributed by atoms with Crippen molar-refractivity contribution < 1.29 is 23.8 Å². The van der Waals surface area contributed by atoms with Gasteiger partial charge in [-0.2, -0.15) is 0 Å². The fraction of sp³-hybridized carbons (Fsp3) is 0.296. The molecule has 1 unspecified atom stereocenters. The number of hydrogen-bond acceptors (Lipinski definition) is 6. The van der Waals surface area contributed by atoms with Gasteiger partial charge in [-0.05, 0) is 67.8 Å². The minimum atomic E-state index is -0.292. The number of carbonyl (C=O) groups excluding carboxylic acids is 2. The molecule has 2 aromatic carbocycles. The van der Waals surface area contributed by atoms with Gasteiger partial charge in [-0.1, -0.05) is 18.2 Å². The quantitative estimate of drug-likeness (QED) is 0.303. The summed E-state index contributed by atoms with van der Waals surface area (Å²) >= 11 is 0. The fourth-order valence-corrected chi connectivity index (χ4v) is 3.51. The molecule has 0 saturated heterocycles. The third-order valence-corrected chi connectivity index (χ3v) is 5.35. The van der Waals surface area contributed by atoms with Gasteiger partial charge < -0.3 is 14.2 Å². The maximum Gasteiger partial charge on any atom is 0.302 e. The third kappa shape index (κ3) is 6.65. The number of pyridine rings is 1. The van der Waals surface area contributed by atoms with E-state index < -0.39 is 0 Å². The van der Waals surface area contributed by atoms with Crippen molar-refractivity contribution >= 4 is 12.3 Å². The summed E-state index contributed by atoms with van der Waals surface area (Å²) in [5.41, 5.74) is 5.81. The van der Waals surface area contributed by atoms with E-state index >= 15 is 0 Å². The zero-order valence-corrected chi connectivity index (χ0v) is 19.5. The molecule has 1 aromatic heterocycles. The second-order valence-electron chi connectivity index (χ2n) is 7.90. The average Bonchev–Trinajstić information content (AvgIpc) is 2.79. The van der Waals surface area contributed by atoms with Crippen molar-refractivity contribution in [2.75, 3.05) is 6.61 Å². The number of carbonyl (C=O) groups is 2. The van der Waals surface area contributed by atoms with Gasteiger partial charge in [0, 0.05) is 36.2 Å². The number of rotatable bonds is 10. The first-order valence-electron chi connectivity index (χ1n) is 10.9. The van der Waals surface area contributed by atoms with E-state index in [1.165, 1.54) is 6.92 Å². The monoisotopic (exact) mass is 447 g/mol. The molecule has 3 aromatic rings. The Balaban J connectivity index is 1.67. The van der Waals surface area contributed by atoms with E-state index in [0.717, 1.165) is 34.2 Å². The minimum absolute atomic E-state index is 0.196. The SMILES string of the molecule is CC(=O)OC(C)CCOc1ccc(-c2cccc(COc3ccc(C=O)cc3)c2C)c(C)n1. The highest BCUT2D eigenvalue weighted by atomic mass is 16.5. The van der Waals surface area contributed by atoms with E-state index in [0.29, 0.717) is 36.8 Å². The second-order valence-corrected chi connectivity index (χ2v) is 7.90. The number of benzene rings is 2. The Morgan fingerprint density at radius 3 is 2.42 bits per heavy atom. The summed E-state index contributed by atoms with van der Waals surface area (Å²) in [5.74, 6) is 0.967. The number of hydrogen-bond donors (Lipinski definition) is 0. The minimum Gasteiger partial charge on any atom is -0.489 e. The zero-order chi connectivity index (χ0) is 23.8. The fourth-order valence-electron chi connectivity index (χ4n) is 3.51. The molecule has 0 N–H and O–H groups in total. The number of aryl methyl sites for hydroxylation is 1. The van der Waals surface area contributed by atoms with Crippen molar-refractivity contribution in [1.82, 2.24) is 4.98 Å². The van der Waals surface area contributed by atoms with Crippen LogP contribution in [0.4, 0.5) is 0 Å². The second kappa shape index (κ2) is 11.3. The number of esters is 1. The number of nitrogens with zero attached hydrogens (tertiary/aromatic N) is 1. The number of aromatic nitrogens is 1. The number of ether oxygens (including phenoxy) is 3. The Morgan fingerprint density at radius 2 is 1.76 bits per heavy atom. The van der Waals surface area contributed by atoms with Crippen LogP contribution in [0.5, 0.6) is 11.6 Å². The molecule has 0 fully saturated rings. The van der Waals surface area contributed by atoms with Crippen LogP contribution in [0.1, 0.15) is 47.4 Å². The molecule has 3 rings (SSSR count). The summed E-state index contributed by atoms with van der Waals surface area (Å²) in [5, 5.41) is 0. The standard InChI is InChI=1S/C27H29NO5/c1-18(33-21(4)30)14-15-31-27-13-12-26(20(3)28-27)25-7-5-6-23(19(25)2)17-32-24-10-8-22(16-29)9-11-24/h5-13,16,18H,14-15,17H2,1-4H3. The van der Waals surface area contributed by atoms with Crippen LogP contribution in [-0.4, -0.2) is 30.0 Å². The smallest absolute Gasteiger partial charge is 0.302 e. The molecule has 0 aliphatic rings. The zero-order valence-electron chi connectivity index (χ0n) is 19.5. The molecule has 0 aliphatic heterocycles. The summed E-state index contributed by atoms with van der Waals surface area (Å²) in [4.78, 5) is 26.4. The lowest BCUT2D eigenvalue weighted by Crippen LogP contribution is -2.15. The Labute approximate surface area is 194 Å². The van der Waals surface area contributed by atoms with Crippen molar-refractivity contribution in [3.8, 4) is 22.8 Å². The third-order valence-electron chi connectivity index (χ3n) is 5.35. The van der Waals surface area contributed by atoms with E-state index in [-0.39, 0.29) is 12.1 Å². The normalized spacial score (nSPS) is 11.5. The predicted molar refractivity (Wildman–Crippen MR) is 127 cm³/mol. The first-order chi connectivity index (χ1) is 15.9. The molecule has 0 spiro atoms. The molecule has 0 amide bonds. The van der Waals surface area contributed by atoms with Crippen LogP contribution in [0.2, 0.25) is 0 Å². The van der Waals surface area contributed by atoms with Crippen LogP contribution >= 0.6 is 0 Å². The van der Waals surface area contributed by atoms with Crippen molar-refractivity contribution in [1.29, 1.82) is 0 Å². The van der Waals surface area contributed by atoms with Gasteiger partial charge >= 0.3 is 5.97 Å². The molecular formula is C27H29NO5. The Hall–Kier alpha value is -3.67. The molecule has 172 valence electrons. The summed E-state index contributed by atoms with van der Waals surface area (Å²) in [6.45, 7) is 8.11. The summed E-state index contributed by atoms with van der Waals surface area (Å²) in [6.07, 6.45) is 1.22. The molecule has 6 heteroatoms. The van der Waals surface area contributed by atoms with Crippen LogP contribution in [0.15, 0.2) is 54.6 Å². The predicted octanol–water partition coefficient (Wildman–Crippen LogP) is 5.48. The lowest BCUT2D eigenvalue weighted by atomic mass is 9.96. The number of aldehydes is 1. The molecule has 6 nitrogen and oxygen atoms in total. The van der Waals surface area contributed by atoms with Gasteiger partial charge in [-0.15, -0.1) is 0 Å². The van der Waals surface area contributed by atoms with Crippen LogP contribution in [0.25, 0.3) is 11.1 Å². The van der Waals surface area contributed by atoms with Gasteiger partial charge in [0.2, 0.25) is 5.88 Å². The maximum absolute atomic E-state index is 11.0. The molecule has 0 saturated carbocycles. The Bertz CT molecular complexity index is 1110. The maximum atomic E-state index is 11.0. The van der Waals surface area contributed by atoms with Gasteiger partial charge in [-0.25, -0.2) is 4.98 Å². The largest absolute Gasteiger partial charge is 0.489 e. The molecule has 0 bridgehead atoms. The van der Waals surface area contributed by atoms with E-state index in [1.807, 2.05) is 38.1 Å².